The second kappa shape index (κ2) is 8.39. The minimum Gasteiger partial charge on any atom is -0.337 e. The summed E-state index contributed by atoms with van der Waals surface area (Å²) in [5.41, 5.74) is 2.50. The Morgan fingerprint density at radius 3 is 2.07 bits per heavy atom. The molecule has 27 heavy (non-hydrogen) atoms. The van der Waals surface area contributed by atoms with E-state index in [1.165, 1.54) is 9.80 Å². The van der Waals surface area contributed by atoms with Crippen molar-refractivity contribution in [2.45, 2.75) is 30.8 Å². The number of likely N-dealkylation sites (tertiary alicyclic amines) is 1. The topological polar surface area (TPSA) is 57.7 Å². The van der Waals surface area contributed by atoms with Gasteiger partial charge in [-0.25, -0.2) is 0 Å². The van der Waals surface area contributed by atoms with Gasteiger partial charge >= 0.3 is 0 Å². The molecule has 2 aromatic carbocycles. The molecule has 0 bridgehead atoms. The maximum Gasteiger partial charge on any atom is 0.253 e. The lowest BCUT2D eigenvalue weighted by Crippen LogP contribution is -2.28. The van der Waals surface area contributed by atoms with E-state index in [4.69, 9.17) is 0 Å². The van der Waals surface area contributed by atoms with Crippen molar-refractivity contribution in [3.05, 3.63) is 65.2 Å². The Morgan fingerprint density at radius 2 is 1.52 bits per heavy atom. The third-order valence-corrected chi connectivity index (χ3v) is 5.37. The van der Waals surface area contributed by atoms with Crippen LogP contribution in [0.3, 0.4) is 0 Å². The van der Waals surface area contributed by atoms with Gasteiger partial charge in [0.05, 0.1) is 6.54 Å². The van der Waals surface area contributed by atoms with Crippen LogP contribution in [0.4, 0.5) is 0 Å². The Balaban J connectivity index is 1.62. The first-order valence-electron chi connectivity index (χ1n) is 8.78. The van der Waals surface area contributed by atoms with Gasteiger partial charge in [0.1, 0.15) is 0 Å². The molecule has 0 aromatic heterocycles. The number of benzene rings is 2. The van der Waals surface area contributed by atoms with Crippen LogP contribution in [-0.4, -0.2) is 40.8 Å². The average molecular weight is 382 g/mol. The molecule has 0 atom stereocenters. The summed E-state index contributed by atoms with van der Waals surface area (Å²) in [5, 5.41) is 0. The molecule has 0 N–H and O–H groups in total. The van der Waals surface area contributed by atoms with Crippen LogP contribution in [-0.2, 0) is 22.7 Å². The van der Waals surface area contributed by atoms with E-state index in [0.29, 0.717) is 12.1 Å². The van der Waals surface area contributed by atoms with Crippen LogP contribution in [0.5, 0.6) is 0 Å². The van der Waals surface area contributed by atoms with Crippen LogP contribution in [0.1, 0.15) is 34.3 Å². The molecule has 3 amide bonds. The van der Waals surface area contributed by atoms with Gasteiger partial charge in [0, 0.05) is 36.9 Å². The van der Waals surface area contributed by atoms with Gasteiger partial charge in [-0.05, 0) is 41.6 Å². The molecule has 1 fully saturated rings. The van der Waals surface area contributed by atoms with Gasteiger partial charge in [-0.3, -0.25) is 19.3 Å². The zero-order chi connectivity index (χ0) is 19.4. The lowest BCUT2D eigenvalue weighted by Gasteiger charge is -2.18. The molecular weight excluding hydrogens is 360 g/mol. The van der Waals surface area contributed by atoms with Crippen LogP contribution >= 0.6 is 11.8 Å². The number of imide groups is 1. The molecule has 0 radical (unpaired) electrons. The van der Waals surface area contributed by atoms with Crippen molar-refractivity contribution in [3.63, 3.8) is 0 Å². The number of carbonyl (C=O) groups excluding carboxylic acids is 3. The first kappa shape index (κ1) is 19.2. The number of amides is 3. The molecule has 6 heteroatoms. The van der Waals surface area contributed by atoms with Crippen LogP contribution in [0.15, 0.2) is 53.4 Å². The van der Waals surface area contributed by atoms with Crippen LogP contribution < -0.4 is 0 Å². The number of nitrogens with zero attached hydrogens (tertiary/aromatic N) is 2. The maximum absolute atomic E-state index is 12.6. The molecule has 0 saturated carbocycles. The summed E-state index contributed by atoms with van der Waals surface area (Å²) in [6.07, 6.45) is 2.61. The molecule has 1 saturated heterocycles. The minimum absolute atomic E-state index is 0.0659. The third kappa shape index (κ3) is 4.57. The Morgan fingerprint density at radius 1 is 0.963 bits per heavy atom. The van der Waals surface area contributed by atoms with E-state index in [2.05, 4.69) is 0 Å². The standard InChI is InChI=1S/C21H22N2O3S/c1-22(13-15-5-9-18(27-2)10-6-15)21(26)17-7-3-16(4-8-17)14-23-19(24)11-12-20(23)25/h3-10H,11-14H2,1-2H3. The largest absolute Gasteiger partial charge is 0.337 e. The lowest BCUT2D eigenvalue weighted by atomic mass is 10.1. The van der Waals surface area contributed by atoms with E-state index in [0.717, 1.165) is 11.1 Å². The first-order valence-corrected chi connectivity index (χ1v) is 10.0. The van der Waals surface area contributed by atoms with Gasteiger partial charge in [-0.1, -0.05) is 24.3 Å². The molecule has 3 rings (SSSR count). The third-order valence-electron chi connectivity index (χ3n) is 4.62. The van der Waals surface area contributed by atoms with Crippen LogP contribution in [0, 0.1) is 0 Å². The SMILES string of the molecule is CSc1ccc(CN(C)C(=O)c2ccc(CN3C(=O)CCC3=O)cc2)cc1. The number of thioether (sulfide) groups is 1. The number of hydrogen-bond donors (Lipinski definition) is 0. The fraction of sp³-hybridized carbons (Fsp3) is 0.286. The second-order valence-corrected chi connectivity index (χ2v) is 7.46. The summed E-state index contributed by atoms with van der Waals surface area (Å²) in [4.78, 5) is 40.2. The highest BCUT2D eigenvalue weighted by Gasteiger charge is 2.28. The predicted molar refractivity (Wildman–Crippen MR) is 105 cm³/mol. The molecule has 140 valence electrons. The second-order valence-electron chi connectivity index (χ2n) is 6.58. The number of hydrogen-bond acceptors (Lipinski definition) is 4. The Kier molecular flexibility index (Phi) is 5.96. The minimum atomic E-state index is -0.132. The van der Waals surface area contributed by atoms with E-state index >= 15 is 0 Å². The van der Waals surface area contributed by atoms with Crippen LogP contribution in [0.25, 0.3) is 0 Å². The van der Waals surface area contributed by atoms with Crippen molar-refractivity contribution in [3.8, 4) is 0 Å². The molecule has 0 unspecified atom stereocenters. The highest BCUT2D eigenvalue weighted by Crippen LogP contribution is 2.18. The maximum atomic E-state index is 12.6. The van der Waals surface area contributed by atoms with Crippen molar-refractivity contribution in [2.75, 3.05) is 13.3 Å². The highest BCUT2D eigenvalue weighted by molar-refractivity contribution is 7.98. The van der Waals surface area contributed by atoms with Gasteiger partial charge < -0.3 is 4.90 Å². The fourth-order valence-corrected chi connectivity index (χ4v) is 3.44. The van der Waals surface area contributed by atoms with E-state index in [1.807, 2.05) is 30.5 Å². The molecular formula is C21H22N2O3S. The van der Waals surface area contributed by atoms with Crippen molar-refractivity contribution < 1.29 is 14.4 Å². The predicted octanol–water partition coefficient (Wildman–Crippen LogP) is 3.33. The molecule has 2 aromatic rings. The van der Waals surface area contributed by atoms with E-state index in [9.17, 15) is 14.4 Å². The summed E-state index contributed by atoms with van der Waals surface area (Å²) in [7, 11) is 1.78. The summed E-state index contributed by atoms with van der Waals surface area (Å²) < 4.78 is 0. The van der Waals surface area contributed by atoms with Gasteiger partial charge in [0.25, 0.3) is 5.91 Å². The summed E-state index contributed by atoms with van der Waals surface area (Å²) in [6.45, 7) is 0.801. The summed E-state index contributed by atoms with van der Waals surface area (Å²) >= 11 is 1.69. The fourth-order valence-electron chi connectivity index (χ4n) is 3.03. The molecule has 1 aliphatic heterocycles. The number of rotatable bonds is 6. The summed E-state index contributed by atoms with van der Waals surface area (Å²) in [6, 6.07) is 15.3. The summed E-state index contributed by atoms with van der Waals surface area (Å²) in [5.74, 6) is -0.330. The Labute approximate surface area is 163 Å². The van der Waals surface area contributed by atoms with Gasteiger partial charge in [-0.2, -0.15) is 0 Å². The average Bonchev–Trinajstić information content (AvgIpc) is 3.00. The van der Waals surface area contributed by atoms with E-state index in [-0.39, 0.29) is 37.1 Å². The first-order chi connectivity index (χ1) is 13.0. The monoisotopic (exact) mass is 382 g/mol. The smallest absolute Gasteiger partial charge is 0.253 e. The number of carbonyl (C=O) groups is 3. The van der Waals surface area contributed by atoms with Crippen molar-refractivity contribution in [1.29, 1.82) is 0 Å². The van der Waals surface area contributed by atoms with E-state index in [1.54, 1.807) is 48.0 Å². The Hall–Kier alpha value is -2.60. The van der Waals surface area contributed by atoms with Crippen molar-refractivity contribution >= 4 is 29.5 Å². The molecule has 0 aliphatic carbocycles. The quantitative estimate of drug-likeness (QED) is 0.568. The normalized spacial score (nSPS) is 13.9. The lowest BCUT2D eigenvalue weighted by molar-refractivity contribution is -0.139. The Bertz CT molecular complexity index is 831. The van der Waals surface area contributed by atoms with Crippen molar-refractivity contribution in [2.24, 2.45) is 0 Å². The molecule has 1 aliphatic rings. The van der Waals surface area contributed by atoms with Gasteiger partial charge in [-0.15, -0.1) is 11.8 Å². The van der Waals surface area contributed by atoms with Crippen molar-refractivity contribution in [1.82, 2.24) is 9.80 Å². The molecule has 5 nitrogen and oxygen atoms in total. The zero-order valence-electron chi connectivity index (χ0n) is 15.5. The van der Waals surface area contributed by atoms with E-state index < -0.39 is 0 Å². The van der Waals surface area contributed by atoms with Gasteiger partial charge in [0.2, 0.25) is 11.8 Å². The molecule has 0 spiro atoms. The van der Waals surface area contributed by atoms with Gasteiger partial charge in [0.15, 0.2) is 0 Å². The molecule has 1 heterocycles. The highest BCUT2D eigenvalue weighted by atomic mass is 32.2. The zero-order valence-corrected chi connectivity index (χ0v) is 16.3. The van der Waals surface area contributed by atoms with Crippen LogP contribution in [0.2, 0.25) is 0 Å².